The van der Waals surface area contributed by atoms with E-state index in [4.69, 9.17) is 14.6 Å². The number of benzene rings is 3. The molecule has 9 heteroatoms. The number of aliphatic carboxylic acids is 1. The Hall–Kier alpha value is -3.59. The number of carboxylic acids is 1. The van der Waals surface area contributed by atoms with E-state index in [2.05, 4.69) is 18.3 Å². The molecule has 0 radical (unpaired) electrons. The van der Waals surface area contributed by atoms with Crippen molar-refractivity contribution < 1.29 is 32.2 Å². The van der Waals surface area contributed by atoms with Crippen LogP contribution in [0, 0.1) is 18.7 Å². The van der Waals surface area contributed by atoms with Crippen molar-refractivity contribution in [3.05, 3.63) is 76.6 Å². The highest BCUT2D eigenvalue weighted by Gasteiger charge is 2.45. The summed E-state index contributed by atoms with van der Waals surface area (Å²) in [6.45, 7) is 3.07. The summed E-state index contributed by atoms with van der Waals surface area (Å²) < 4.78 is 50.6. The summed E-state index contributed by atoms with van der Waals surface area (Å²) >= 11 is 0. The van der Waals surface area contributed by atoms with Crippen LogP contribution in [0.5, 0.6) is 11.5 Å². The molecule has 0 spiro atoms. The lowest BCUT2D eigenvalue weighted by Crippen LogP contribution is -2.30. The first-order valence-electron chi connectivity index (χ1n) is 13.7. The summed E-state index contributed by atoms with van der Waals surface area (Å²) in [6, 6.07) is 15.0. The highest BCUT2D eigenvalue weighted by Crippen LogP contribution is 2.48. The van der Waals surface area contributed by atoms with Gasteiger partial charge < -0.3 is 19.9 Å². The third-order valence-corrected chi connectivity index (χ3v) is 9.86. The predicted molar refractivity (Wildman–Crippen MR) is 150 cm³/mol. The van der Waals surface area contributed by atoms with E-state index in [1.165, 1.54) is 6.07 Å². The van der Waals surface area contributed by atoms with Gasteiger partial charge in [-0.1, -0.05) is 12.1 Å². The zero-order valence-corrected chi connectivity index (χ0v) is 23.1. The van der Waals surface area contributed by atoms with E-state index in [9.17, 15) is 17.6 Å². The number of nitrogens with one attached hydrogen (secondary N) is 1. The molecule has 2 heterocycles. The van der Waals surface area contributed by atoms with Crippen LogP contribution < -0.4 is 14.8 Å². The number of halogens is 1. The van der Waals surface area contributed by atoms with Crippen LogP contribution in [0.2, 0.25) is 0 Å². The van der Waals surface area contributed by atoms with Gasteiger partial charge in [-0.2, -0.15) is 0 Å². The van der Waals surface area contributed by atoms with Gasteiger partial charge in [-0.15, -0.1) is 0 Å². The molecule has 0 aromatic heterocycles. The number of aryl methyl sites for hydroxylation is 1. The van der Waals surface area contributed by atoms with Crippen molar-refractivity contribution in [2.75, 3.05) is 23.4 Å². The van der Waals surface area contributed by atoms with E-state index >= 15 is 0 Å². The van der Waals surface area contributed by atoms with Crippen molar-refractivity contribution in [3.8, 4) is 22.6 Å². The van der Waals surface area contributed by atoms with Crippen molar-refractivity contribution >= 4 is 21.5 Å². The lowest BCUT2D eigenvalue weighted by molar-refractivity contribution is -0.138. The van der Waals surface area contributed by atoms with Gasteiger partial charge in [0.15, 0.2) is 9.84 Å². The smallest absolute Gasteiger partial charge is 0.307 e. The average molecular weight is 566 g/mol. The maximum Gasteiger partial charge on any atom is 0.307 e. The summed E-state index contributed by atoms with van der Waals surface area (Å²) in [4.78, 5) is 11.2. The molecule has 40 heavy (non-hydrogen) atoms. The molecule has 2 unspecified atom stereocenters. The highest BCUT2D eigenvalue weighted by atomic mass is 32.2. The van der Waals surface area contributed by atoms with Crippen molar-refractivity contribution in [3.63, 3.8) is 0 Å². The Bertz CT molecular complexity index is 1570. The topological polar surface area (TPSA) is 102 Å². The van der Waals surface area contributed by atoms with Crippen molar-refractivity contribution in [2.45, 2.75) is 51.2 Å². The second-order valence-electron chi connectivity index (χ2n) is 11.0. The summed E-state index contributed by atoms with van der Waals surface area (Å²) in [7, 11) is -2.95. The molecule has 210 valence electrons. The van der Waals surface area contributed by atoms with Gasteiger partial charge in [-0.05, 0) is 90.4 Å². The highest BCUT2D eigenvalue weighted by molar-refractivity contribution is 7.91. The number of carbonyl (C=O) groups is 1. The number of ether oxygens (including phenoxy) is 2. The molecule has 1 aliphatic carbocycles. The second-order valence-corrected chi connectivity index (χ2v) is 13.4. The number of carboxylic acid groups (broad SMARTS) is 1. The number of hydrogen-bond acceptors (Lipinski definition) is 6. The normalized spacial score (nSPS) is 21.4. The van der Waals surface area contributed by atoms with E-state index in [0.717, 1.165) is 45.7 Å². The Labute approximate surface area is 233 Å². The van der Waals surface area contributed by atoms with E-state index in [-0.39, 0.29) is 29.3 Å². The molecule has 0 bridgehead atoms. The molecule has 3 aromatic rings. The van der Waals surface area contributed by atoms with Gasteiger partial charge >= 0.3 is 5.97 Å². The van der Waals surface area contributed by atoms with Crippen LogP contribution in [0.15, 0.2) is 48.5 Å². The molecule has 2 fully saturated rings. The molecule has 1 saturated heterocycles. The lowest BCUT2D eigenvalue weighted by atomic mass is 9.92. The molecule has 0 amide bonds. The first kappa shape index (κ1) is 26.6. The van der Waals surface area contributed by atoms with Crippen LogP contribution in [0.1, 0.15) is 47.4 Å². The van der Waals surface area contributed by atoms with Gasteiger partial charge in [0, 0.05) is 30.1 Å². The molecule has 2 atom stereocenters. The minimum absolute atomic E-state index is 0.102. The standard InChI is InChI=1S/C31H32FNO6S/c1-18-12-23(39-22-7-10-40(36,37)11-8-22)14-20-6-9-38-29-5-2-19(13-27(29)30(18)20)17-33-21-3-4-24(28(32)15-21)25-16-26(25)31(34)35/h2-5,12-15,22,25-26,33H,6-11,16-17H2,1H3,(H,34,35). The average Bonchev–Trinajstić information content (AvgIpc) is 3.72. The largest absolute Gasteiger partial charge is 0.493 e. The van der Waals surface area contributed by atoms with Crippen molar-refractivity contribution in [1.29, 1.82) is 0 Å². The molecule has 2 aliphatic heterocycles. The summed E-state index contributed by atoms with van der Waals surface area (Å²) in [5.41, 5.74) is 6.40. The summed E-state index contributed by atoms with van der Waals surface area (Å²) in [5.74, 6) is -0.0886. The quantitative estimate of drug-likeness (QED) is 0.391. The molecular weight excluding hydrogens is 533 g/mol. The third kappa shape index (κ3) is 5.52. The van der Waals surface area contributed by atoms with Gasteiger partial charge in [0.05, 0.1) is 24.0 Å². The maximum absolute atomic E-state index is 14.7. The van der Waals surface area contributed by atoms with Crippen LogP contribution in [0.25, 0.3) is 11.1 Å². The van der Waals surface area contributed by atoms with E-state index < -0.39 is 21.7 Å². The predicted octanol–water partition coefficient (Wildman–Crippen LogP) is 5.49. The maximum atomic E-state index is 14.7. The van der Waals surface area contributed by atoms with Crippen molar-refractivity contribution in [1.82, 2.24) is 0 Å². The molecular formula is C31H32FNO6S. The van der Waals surface area contributed by atoms with Gasteiger partial charge in [-0.25, -0.2) is 12.8 Å². The fourth-order valence-electron chi connectivity index (χ4n) is 5.89. The monoisotopic (exact) mass is 565 g/mol. The molecule has 3 aromatic carbocycles. The van der Waals surface area contributed by atoms with E-state index in [1.54, 1.807) is 12.1 Å². The van der Waals surface area contributed by atoms with Gasteiger partial charge in [0.1, 0.15) is 23.4 Å². The third-order valence-electron chi connectivity index (χ3n) is 8.14. The van der Waals surface area contributed by atoms with E-state index in [0.29, 0.717) is 43.7 Å². The molecule has 2 N–H and O–H groups in total. The van der Waals surface area contributed by atoms with Crippen LogP contribution in [0.4, 0.5) is 10.1 Å². The number of anilines is 1. The zero-order chi connectivity index (χ0) is 28.0. The Morgan fingerprint density at radius 2 is 1.93 bits per heavy atom. The fraction of sp³-hybridized carbons (Fsp3) is 0.387. The Morgan fingerprint density at radius 1 is 1.12 bits per heavy atom. The number of fused-ring (bicyclic) bond motifs is 3. The Kier molecular flexibility index (Phi) is 6.94. The lowest BCUT2D eigenvalue weighted by Gasteiger charge is -2.24. The number of hydrogen-bond donors (Lipinski definition) is 2. The van der Waals surface area contributed by atoms with Gasteiger partial charge in [0.2, 0.25) is 0 Å². The van der Waals surface area contributed by atoms with Gasteiger partial charge in [0.25, 0.3) is 0 Å². The second kappa shape index (κ2) is 10.4. The number of sulfone groups is 1. The van der Waals surface area contributed by atoms with Crippen LogP contribution in [-0.4, -0.2) is 43.7 Å². The zero-order valence-electron chi connectivity index (χ0n) is 22.3. The summed E-state index contributed by atoms with van der Waals surface area (Å²) in [5, 5.41) is 12.4. The number of rotatable bonds is 7. The molecule has 7 nitrogen and oxygen atoms in total. The Balaban J connectivity index is 1.19. The first-order chi connectivity index (χ1) is 19.2. The van der Waals surface area contributed by atoms with E-state index in [1.807, 2.05) is 24.3 Å². The first-order valence-corrected chi connectivity index (χ1v) is 15.5. The van der Waals surface area contributed by atoms with Gasteiger partial charge in [-0.3, -0.25) is 4.79 Å². The fourth-order valence-corrected chi connectivity index (χ4v) is 7.33. The van der Waals surface area contributed by atoms with Crippen LogP contribution >= 0.6 is 0 Å². The summed E-state index contributed by atoms with van der Waals surface area (Å²) in [6.07, 6.45) is 2.13. The van der Waals surface area contributed by atoms with Crippen LogP contribution in [-0.2, 0) is 27.6 Å². The van der Waals surface area contributed by atoms with Crippen LogP contribution in [0.3, 0.4) is 0 Å². The molecule has 1 saturated carbocycles. The minimum Gasteiger partial charge on any atom is -0.493 e. The minimum atomic E-state index is -2.95. The Morgan fingerprint density at radius 3 is 2.65 bits per heavy atom. The molecule has 6 rings (SSSR count). The van der Waals surface area contributed by atoms with Crippen molar-refractivity contribution in [2.24, 2.45) is 5.92 Å². The SMILES string of the molecule is Cc1cc(OC2CCS(=O)(=O)CC2)cc2c1-c1cc(CNc3ccc(C4CC4C(=O)O)c(F)c3)ccc1OCC2. The molecule has 3 aliphatic rings.